The van der Waals surface area contributed by atoms with Crippen LogP contribution in [0, 0.1) is 0 Å². The largest absolute Gasteiger partial charge is 0.465 e. The molecule has 1 aliphatic rings. The fraction of sp³-hybridized carbons (Fsp3) is 0.176. The number of halogens is 4. The molecule has 0 bridgehead atoms. The Morgan fingerprint density at radius 3 is 2.31 bits per heavy atom. The van der Waals surface area contributed by atoms with Gasteiger partial charge < -0.3 is 14.4 Å². The van der Waals surface area contributed by atoms with Crippen molar-refractivity contribution in [3.05, 3.63) is 64.5 Å². The lowest BCUT2D eigenvalue weighted by atomic mass is 10.1. The van der Waals surface area contributed by atoms with Crippen molar-refractivity contribution in [2.45, 2.75) is 6.18 Å². The minimum atomic E-state index is -4.69. The van der Waals surface area contributed by atoms with Crippen LogP contribution in [0.1, 0.15) is 5.56 Å². The van der Waals surface area contributed by atoms with E-state index in [2.05, 4.69) is 9.47 Å². The summed E-state index contributed by atoms with van der Waals surface area (Å²) in [5, 5.41) is -0.628. The number of nitrogens with zero attached hydrogens (tertiary/aromatic N) is 1. The van der Waals surface area contributed by atoms with Gasteiger partial charge in [0, 0.05) is 6.20 Å². The summed E-state index contributed by atoms with van der Waals surface area (Å²) in [6, 6.07) is 3.24. The lowest BCUT2D eigenvalue weighted by Gasteiger charge is -2.25. The first-order chi connectivity index (χ1) is 12.2. The van der Waals surface area contributed by atoms with Crippen LogP contribution in [0.4, 0.5) is 18.9 Å². The third kappa shape index (κ3) is 3.75. The van der Waals surface area contributed by atoms with E-state index in [1.54, 1.807) is 0 Å². The van der Waals surface area contributed by atoms with Crippen LogP contribution in [0.25, 0.3) is 0 Å². The molecular formula is C17H13ClF3NO4. The predicted octanol–water partition coefficient (Wildman–Crippen LogP) is 3.85. The van der Waals surface area contributed by atoms with Gasteiger partial charge in [-0.25, -0.2) is 9.59 Å². The summed E-state index contributed by atoms with van der Waals surface area (Å²) in [4.78, 5) is 25.3. The molecule has 138 valence electrons. The molecule has 1 heterocycles. The highest BCUT2D eigenvalue weighted by atomic mass is 35.5. The van der Waals surface area contributed by atoms with E-state index < -0.39 is 28.7 Å². The molecule has 0 saturated carbocycles. The van der Waals surface area contributed by atoms with E-state index >= 15 is 0 Å². The summed E-state index contributed by atoms with van der Waals surface area (Å²) in [6.45, 7) is 0. The van der Waals surface area contributed by atoms with Gasteiger partial charge in [0.1, 0.15) is 5.70 Å². The van der Waals surface area contributed by atoms with Crippen molar-refractivity contribution < 1.29 is 32.2 Å². The molecule has 0 spiro atoms. The van der Waals surface area contributed by atoms with Gasteiger partial charge in [0.25, 0.3) is 0 Å². The molecule has 0 radical (unpaired) electrons. The van der Waals surface area contributed by atoms with Crippen LogP contribution in [0.2, 0.25) is 5.02 Å². The fourth-order valence-electron chi connectivity index (χ4n) is 2.28. The lowest BCUT2D eigenvalue weighted by Crippen LogP contribution is -2.27. The number of ether oxygens (including phenoxy) is 2. The molecule has 0 atom stereocenters. The van der Waals surface area contributed by atoms with Crippen molar-refractivity contribution in [2.75, 3.05) is 19.1 Å². The van der Waals surface area contributed by atoms with Gasteiger partial charge in [0.2, 0.25) is 0 Å². The Morgan fingerprint density at radius 1 is 1.08 bits per heavy atom. The lowest BCUT2D eigenvalue weighted by molar-refractivity contribution is -0.139. The summed E-state index contributed by atoms with van der Waals surface area (Å²) >= 11 is 5.95. The Labute approximate surface area is 151 Å². The zero-order valence-electron chi connectivity index (χ0n) is 13.6. The average Bonchev–Trinajstić information content (AvgIpc) is 2.82. The topological polar surface area (TPSA) is 55.8 Å². The fourth-order valence-corrected chi connectivity index (χ4v) is 2.60. The molecule has 1 aromatic carbocycles. The van der Waals surface area contributed by atoms with Gasteiger partial charge in [-0.2, -0.15) is 13.2 Å². The zero-order chi connectivity index (χ0) is 19.5. The third-order valence-corrected chi connectivity index (χ3v) is 3.83. The molecule has 1 aliphatic heterocycles. The summed E-state index contributed by atoms with van der Waals surface area (Å²) in [6.07, 6.45) is 0.740. The third-order valence-electron chi connectivity index (χ3n) is 3.43. The van der Waals surface area contributed by atoms with Gasteiger partial charge in [0.05, 0.1) is 36.1 Å². The van der Waals surface area contributed by atoms with E-state index in [9.17, 15) is 22.8 Å². The number of rotatable bonds is 3. The van der Waals surface area contributed by atoms with Crippen molar-refractivity contribution in [2.24, 2.45) is 0 Å². The maximum atomic E-state index is 13.1. The van der Waals surface area contributed by atoms with E-state index in [-0.39, 0.29) is 17.0 Å². The number of esters is 2. The first kappa shape index (κ1) is 19.6. The zero-order valence-corrected chi connectivity index (χ0v) is 14.4. The molecule has 2 rings (SSSR count). The number of benzene rings is 1. The van der Waals surface area contributed by atoms with Crippen molar-refractivity contribution in [3.63, 3.8) is 0 Å². The molecule has 0 saturated heterocycles. The number of carbonyl (C=O) groups excluding carboxylic acids is 2. The van der Waals surface area contributed by atoms with E-state index in [0.29, 0.717) is 0 Å². The van der Waals surface area contributed by atoms with Gasteiger partial charge in [-0.1, -0.05) is 23.7 Å². The maximum Gasteiger partial charge on any atom is 0.417 e. The van der Waals surface area contributed by atoms with Gasteiger partial charge in [-0.3, -0.25) is 0 Å². The summed E-state index contributed by atoms with van der Waals surface area (Å²) in [5.74, 6) is -1.81. The number of anilines is 1. The van der Waals surface area contributed by atoms with E-state index in [1.807, 2.05) is 0 Å². The van der Waals surface area contributed by atoms with Gasteiger partial charge in [-0.15, -0.1) is 0 Å². The molecule has 9 heteroatoms. The second-order valence-corrected chi connectivity index (χ2v) is 5.33. The van der Waals surface area contributed by atoms with Crippen LogP contribution in [0.15, 0.2) is 53.9 Å². The Bertz CT molecular complexity index is 828. The molecule has 0 aromatic heterocycles. The molecular weight excluding hydrogens is 375 g/mol. The molecule has 26 heavy (non-hydrogen) atoms. The predicted molar refractivity (Wildman–Crippen MR) is 88.3 cm³/mol. The van der Waals surface area contributed by atoms with Crippen LogP contribution in [0.3, 0.4) is 0 Å². The Kier molecular flexibility index (Phi) is 5.76. The second kappa shape index (κ2) is 7.65. The summed E-state index contributed by atoms with van der Waals surface area (Å²) in [7, 11) is 2.19. The first-order valence-electron chi connectivity index (χ1n) is 7.13. The van der Waals surface area contributed by atoms with Crippen LogP contribution in [0.5, 0.6) is 0 Å². The number of carbonyl (C=O) groups is 2. The standard InChI is InChI=1S/C17H13ClF3NO4/c1-25-15(23)10-6-3-4-9-22(14(10)16(24)26-2)12-8-5-7-11(13(12)18)17(19,20)21/h3-9H,1-2H3. The minimum absolute atomic E-state index is 0.150. The number of allylic oxidation sites excluding steroid dienone is 2. The Morgan fingerprint density at radius 2 is 1.73 bits per heavy atom. The van der Waals surface area contributed by atoms with Crippen LogP contribution in [-0.2, 0) is 25.2 Å². The number of alkyl halides is 3. The van der Waals surface area contributed by atoms with E-state index in [4.69, 9.17) is 11.6 Å². The minimum Gasteiger partial charge on any atom is -0.465 e. The van der Waals surface area contributed by atoms with Gasteiger partial charge in [0.15, 0.2) is 0 Å². The SMILES string of the molecule is COC(=O)C1=C(C(=O)OC)N(c2cccc(C(F)(F)F)c2Cl)C=CC=C1. The molecule has 0 unspecified atom stereocenters. The molecule has 5 nitrogen and oxygen atoms in total. The normalized spacial score (nSPS) is 14.3. The smallest absolute Gasteiger partial charge is 0.417 e. The van der Waals surface area contributed by atoms with Crippen LogP contribution in [-0.4, -0.2) is 26.2 Å². The van der Waals surface area contributed by atoms with Crippen LogP contribution >= 0.6 is 11.6 Å². The maximum absolute atomic E-state index is 13.1. The molecule has 0 amide bonds. The number of hydrogen-bond acceptors (Lipinski definition) is 5. The van der Waals surface area contributed by atoms with Crippen molar-refractivity contribution in [1.82, 2.24) is 0 Å². The molecule has 0 aliphatic carbocycles. The van der Waals surface area contributed by atoms with Crippen LogP contribution < -0.4 is 4.90 Å². The Balaban J connectivity index is 2.74. The van der Waals surface area contributed by atoms with Crippen molar-refractivity contribution >= 4 is 29.2 Å². The summed E-state index contributed by atoms with van der Waals surface area (Å²) < 4.78 is 48.8. The second-order valence-electron chi connectivity index (χ2n) is 4.95. The molecule has 0 N–H and O–H groups in total. The van der Waals surface area contributed by atoms with Gasteiger partial charge in [-0.05, 0) is 24.3 Å². The quantitative estimate of drug-likeness (QED) is 0.737. The van der Waals surface area contributed by atoms with Crippen molar-refractivity contribution in [1.29, 1.82) is 0 Å². The highest BCUT2D eigenvalue weighted by Gasteiger charge is 2.36. The monoisotopic (exact) mass is 387 g/mol. The molecule has 1 aromatic rings. The highest BCUT2D eigenvalue weighted by molar-refractivity contribution is 6.34. The average molecular weight is 388 g/mol. The van der Waals surface area contributed by atoms with Crippen molar-refractivity contribution in [3.8, 4) is 0 Å². The molecule has 0 fully saturated rings. The highest BCUT2D eigenvalue weighted by Crippen LogP contribution is 2.41. The number of methoxy groups -OCH3 is 2. The van der Waals surface area contributed by atoms with E-state index in [0.717, 1.165) is 31.3 Å². The first-order valence-corrected chi connectivity index (χ1v) is 7.50. The van der Waals surface area contributed by atoms with Gasteiger partial charge >= 0.3 is 18.1 Å². The summed E-state index contributed by atoms with van der Waals surface area (Å²) in [5.41, 5.74) is -1.75. The van der Waals surface area contributed by atoms with E-state index in [1.165, 1.54) is 30.5 Å². The Hall–Kier alpha value is -2.74. The number of hydrogen-bond donors (Lipinski definition) is 0.